The van der Waals surface area contributed by atoms with Crippen molar-refractivity contribution in [2.75, 3.05) is 32.8 Å². The summed E-state index contributed by atoms with van der Waals surface area (Å²) in [6.45, 7) is 2.88. The predicted molar refractivity (Wildman–Crippen MR) is 82.6 cm³/mol. The van der Waals surface area contributed by atoms with E-state index in [1.165, 1.54) is 24.3 Å². The third-order valence-electron chi connectivity index (χ3n) is 4.44. The molecule has 0 aromatic heterocycles. The number of likely N-dealkylation sites (tertiary alicyclic amines) is 1. The number of carbonyl (C=O) groups excluding carboxylic acids is 2. The lowest BCUT2D eigenvalue weighted by atomic mass is 9.89. The number of rotatable bonds is 3. The van der Waals surface area contributed by atoms with Gasteiger partial charge < -0.3 is 15.0 Å². The zero-order valence-electron chi connectivity index (χ0n) is 13.0. The van der Waals surface area contributed by atoms with Crippen molar-refractivity contribution in [3.05, 3.63) is 35.6 Å². The molecule has 1 amide bonds. The lowest BCUT2D eigenvalue weighted by Crippen LogP contribution is -2.52. The van der Waals surface area contributed by atoms with Gasteiger partial charge in [-0.15, -0.1) is 0 Å². The van der Waals surface area contributed by atoms with Crippen LogP contribution in [-0.4, -0.2) is 55.5 Å². The Bertz CT molecular complexity index is 570. The minimum atomic E-state index is -0.455. The van der Waals surface area contributed by atoms with Gasteiger partial charge in [0.25, 0.3) is 5.91 Å². The molecule has 0 saturated carbocycles. The Morgan fingerprint density at radius 2 is 2.04 bits per heavy atom. The van der Waals surface area contributed by atoms with Crippen LogP contribution in [0.15, 0.2) is 24.3 Å². The van der Waals surface area contributed by atoms with Crippen LogP contribution in [0.25, 0.3) is 0 Å². The number of hydrogen-bond donors (Lipinski definition) is 1. The first-order valence-electron chi connectivity index (χ1n) is 8.06. The molecule has 124 valence electrons. The highest BCUT2D eigenvalue weighted by Crippen LogP contribution is 2.22. The van der Waals surface area contributed by atoms with Gasteiger partial charge in [-0.25, -0.2) is 4.39 Å². The molecule has 0 spiro atoms. The smallest absolute Gasteiger partial charge is 0.253 e. The van der Waals surface area contributed by atoms with Gasteiger partial charge in [0.1, 0.15) is 11.9 Å². The van der Waals surface area contributed by atoms with Crippen LogP contribution in [0.2, 0.25) is 0 Å². The molecule has 1 aromatic rings. The third-order valence-corrected chi connectivity index (χ3v) is 4.44. The molecule has 2 aliphatic rings. The van der Waals surface area contributed by atoms with E-state index in [9.17, 15) is 14.0 Å². The number of amides is 1. The van der Waals surface area contributed by atoms with Crippen molar-refractivity contribution in [2.45, 2.75) is 18.9 Å². The quantitative estimate of drug-likeness (QED) is 0.851. The largest absolute Gasteiger partial charge is 0.366 e. The van der Waals surface area contributed by atoms with Gasteiger partial charge in [-0.05, 0) is 37.1 Å². The zero-order chi connectivity index (χ0) is 16.2. The summed E-state index contributed by atoms with van der Waals surface area (Å²) in [5.41, 5.74) is 0.501. The molecular formula is C17H21FN2O3. The van der Waals surface area contributed by atoms with E-state index in [1.54, 1.807) is 4.90 Å². The Morgan fingerprint density at radius 1 is 1.26 bits per heavy atom. The van der Waals surface area contributed by atoms with Crippen LogP contribution in [0.5, 0.6) is 0 Å². The number of nitrogens with zero attached hydrogens (tertiary/aromatic N) is 1. The molecule has 1 N–H and O–H groups in total. The Kier molecular flexibility index (Phi) is 5.03. The second-order valence-corrected chi connectivity index (χ2v) is 6.06. The molecule has 3 rings (SSSR count). The lowest BCUT2D eigenvalue weighted by Gasteiger charge is -2.35. The molecule has 2 saturated heterocycles. The standard InChI is InChI=1S/C17H21FN2O3/c18-14-5-3-12(4-6-14)16(21)13-2-1-8-20(11-13)17(22)15-10-19-7-9-23-15/h3-6,13,15,19H,1-2,7-11H2. The van der Waals surface area contributed by atoms with Gasteiger partial charge in [-0.2, -0.15) is 0 Å². The summed E-state index contributed by atoms with van der Waals surface area (Å²) in [6.07, 6.45) is 1.09. The Labute approximate surface area is 134 Å². The van der Waals surface area contributed by atoms with Gasteiger partial charge in [-0.3, -0.25) is 9.59 Å². The molecule has 6 heteroatoms. The number of ketones is 1. The van der Waals surface area contributed by atoms with Crippen LogP contribution >= 0.6 is 0 Å². The van der Waals surface area contributed by atoms with E-state index >= 15 is 0 Å². The van der Waals surface area contributed by atoms with Crippen LogP contribution in [-0.2, 0) is 9.53 Å². The van der Waals surface area contributed by atoms with E-state index in [1.807, 2.05) is 0 Å². The monoisotopic (exact) mass is 320 g/mol. The van der Waals surface area contributed by atoms with Gasteiger partial charge in [0.2, 0.25) is 0 Å². The summed E-state index contributed by atoms with van der Waals surface area (Å²) in [4.78, 5) is 26.8. The summed E-state index contributed by atoms with van der Waals surface area (Å²) < 4.78 is 18.5. The minimum Gasteiger partial charge on any atom is -0.366 e. The van der Waals surface area contributed by atoms with Crippen molar-refractivity contribution in [3.8, 4) is 0 Å². The molecular weight excluding hydrogens is 299 g/mol. The Balaban J connectivity index is 1.64. The van der Waals surface area contributed by atoms with E-state index < -0.39 is 6.10 Å². The molecule has 0 aliphatic carbocycles. The molecule has 0 radical (unpaired) electrons. The van der Waals surface area contributed by atoms with Crippen molar-refractivity contribution in [3.63, 3.8) is 0 Å². The number of carbonyl (C=O) groups is 2. The van der Waals surface area contributed by atoms with Crippen molar-refractivity contribution in [1.82, 2.24) is 10.2 Å². The maximum absolute atomic E-state index is 13.0. The third kappa shape index (κ3) is 3.76. The minimum absolute atomic E-state index is 0.0230. The highest BCUT2D eigenvalue weighted by Gasteiger charge is 2.33. The maximum atomic E-state index is 13.0. The van der Waals surface area contributed by atoms with E-state index in [2.05, 4.69) is 5.32 Å². The van der Waals surface area contributed by atoms with Crippen LogP contribution in [0.4, 0.5) is 4.39 Å². The summed E-state index contributed by atoms with van der Waals surface area (Å²) >= 11 is 0. The number of hydrogen-bond acceptors (Lipinski definition) is 4. The molecule has 1 aromatic carbocycles. The van der Waals surface area contributed by atoms with Gasteiger partial charge in [0.15, 0.2) is 5.78 Å². The Morgan fingerprint density at radius 3 is 2.74 bits per heavy atom. The molecule has 2 fully saturated rings. The van der Waals surface area contributed by atoms with E-state index in [-0.39, 0.29) is 23.4 Å². The average Bonchev–Trinajstić information content (AvgIpc) is 2.62. The van der Waals surface area contributed by atoms with E-state index in [0.717, 1.165) is 19.4 Å². The lowest BCUT2D eigenvalue weighted by molar-refractivity contribution is -0.146. The number of morpholine rings is 1. The highest BCUT2D eigenvalue weighted by molar-refractivity contribution is 5.98. The van der Waals surface area contributed by atoms with Crippen molar-refractivity contribution in [2.24, 2.45) is 5.92 Å². The molecule has 0 bridgehead atoms. The van der Waals surface area contributed by atoms with E-state index in [0.29, 0.717) is 31.8 Å². The second kappa shape index (κ2) is 7.19. The fraction of sp³-hybridized carbons (Fsp3) is 0.529. The predicted octanol–water partition coefficient (Wildman–Crippen LogP) is 1.24. The SMILES string of the molecule is O=C(c1ccc(F)cc1)C1CCCN(C(=O)C2CNCCO2)C1. The summed E-state index contributed by atoms with van der Waals surface area (Å²) in [5, 5.41) is 3.14. The van der Waals surface area contributed by atoms with Crippen LogP contribution in [0, 0.1) is 11.7 Å². The normalized spacial score (nSPS) is 25.2. The van der Waals surface area contributed by atoms with Gasteiger partial charge in [0, 0.05) is 37.7 Å². The van der Waals surface area contributed by atoms with E-state index in [4.69, 9.17) is 4.74 Å². The molecule has 23 heavy (non-hydrogen) atoms. The van der Waals surface area contributed by atoms with Crippen molar-refractivity contribution < 1.29 is 18.7 Å². The molecule has 2 aliphatic heterocycles. The summed E-state index contributed by atoms with van der Waals surface area (Å²) in [6, 6.07) is 5.60. The second-order valence-electron chi connectivity index (χ2n) is 6.06. The zero-order valence-corrected chi connectivity index (χ0v) is 13.0. The summed E-state index contributed by atoms with van der Waals surface area (Å²) in [5.74, 6) is -0.655. The number of ether oxygens (including phenoxy) is 1. The number of piperidine rings is 1. The fourth-order valence-corrected chi connectivity index (χ4v) is 3.17. The number of Topliss-reactive ketones (excluding diaryl/α,β-unsaturated/α-hetero) is 1. The first-order valence-corrected chi connectivity index (χ1v) is 8.06. The maximum Gasteiger partial charge on any atom is 0.253 e. The van der Waals surface area contributed by atoms with Gasteiger partial charge >= 0.3 is 0 Å². The van der Waals surface area contributed by atoms with Gasteiger partial charge in [-0.1, -0.05) is 0 Å². The van der Waals surface area contributed by atoms with Crippen LogP contribution in [0.1, 0.15) is 23.2 Å². The molecule has 2 heterocycles. The molecule has 2 atom stereocenters. The first-order chi connectivity index (χ1) is 11.1. The van der Waals surface area contributed by atoms with Crippen molar-refractivity contribution in [1.29, 1.82) is 0 Å². The molecule has 5 nitrogen and oxygen atoms in total. The van der Waals surface area contributed by atoms with Crippen LogP contribution in [0.3, 0.4) is 0 Å². The average molecular weight is 320 g/mol. The highest BCUT2D eigenvalue weighted by atomic mass is 19.1. The van der Waals surface area contributed by atoms with Crippen LogP contribution < -0.4 is 5.32 Å². The number of nitrogens with one attached hydrogen (secondary N) is 1. The van der Waals surface area contributed by atoms with Gasteiger partial charge in [0.05, 0.1) is 6.61 Å². The molecule has 2 unspecified atom stereocenters. The first kappa shape index (κ1) is 16.1. The number of benzene rings is 1. The topological polar surface area (TPSA) is 58.6 Å². The number of halogens is 1. The van der Waals surface area contributed by atoms with Crippen molar-refractivity contribution >= 4 is 11.7 Å². The Hall–Kier alpha value is -1.79. The summed E-state index contributed by atoms with van der Waals surface area (Å²) in [7, 11) is 0. The fourth-order valence-electron chi connectivity index (χ4n) is 3.17.